The molecule has 7 heteroatoms. The molecule has 0 spiro atoms. The molecule has 0 radical (unpaired) electrons. The van der Waals surface area contributed by atoms with E-state index in [2.05, 4.69) is 10.3 Å². The standard InChI is InChI=1S/C24H18F3N3O/c25-15-7-5-14(6-8-15)23-22-18(17-3-1-2-4-20(17)28-22)11-12-30(23)24(31)29-21-10-9-16(26)13-19(21)27/h1-10,13,23,28H,11-12H2,(H,29,31)/t23-/m1/s1. The van der Waals surface area contributed by atoms with Crippen molar-refractivity contribution in [1.82, 2.24) is 9.88 Å². The van der Waals surface area contributed by atoms with Crippen LogP contribution in [-0.2, 0) is 6.42 Å². The van der Waals surface area contributed by atoms with Gasteiger partial charge in [0.05, 0.1) is 11.7 Å². The summed E-state index contributed by atoms with van der Waals surface area (Å²) in [5.74, 6) is -1.95. The average molecular weight is 421 g/mol. The maximum absolute atomic E-state index is 14.1. The average Bonchev–Trinajstić information content (AvgIpc) is 3.14. The fourth-order valence-electron chi connectivity index (χ4n) is 4.23. The van der Waals surface area contributed by atoms with Gasteiger partial charge in [-0.2, -0.15) is 0 Å². The third-order valence-corrected chi connectivity index (χ3v) is 5.65. The van der Waals surface area contributed by atoms with Crippen LogP contribution in [0.3, 0.4) is 0 Å². The molecule has 1 atom stereocenters. The molecule has 31 heavy (non-hydrogen) atoms. The van der Waals surface area contributed by atoms with E-state index in [1.54, 1.807) is 17.0 Å². The van der Waals surface area contributed by atoms with Gasteiger partial charge in [-0.05, 0) is 47.9 Å². The van der Waals surface area contributed by atoms with Crippen molar-refractivity contribution in [2.24, 2.45) is 0 Å². The Bertz CT molecular complexity index is 1280. The topological polar surface area (TPSA) is 48.1 Å². The molecule has 0 saturated heterocycles. The summed E-state index contributed by atoms with van der Waals surface area (Å²) >= 11 is 0. The Labute approximate surface area is 176 Å². The van der Waals surface area contributed by atoms with E-state index in [-0.39, 0.29) is 11.5 Å². The lowest BCUT2D eigenvalue weighted by Gasteiger charge is -2.36. The van der Waals surface area contributed by atoms with Crippen LogP contribution >= 0.6 is 0 Å². The molecule has 0 saturated carbocycles. The summed E-state index contributed by atoms with van der Waals surface area (Å²) in [6, 6.07) is 15.8. The van der Waals surface area contributed by atoms with Gasteiger partial charge in [-0.15, -0.1) is 0 Å². The first-order valence-electron chi connectivity index (χ1n) is 9.89. The molecule has 4 aromatic rings. The van der Waals surface area contributed by atoms with E-state index in [1.165, 1.54) is 18.2 Å². The number of para-hydroxylation sites is 1. The van der Waals surface area contributed by atoms with Gasteiger partial charge in [-0.3, -0.25) is 0 Å². The highest BCUT2D eigenvalue weighted by Gasteiger charge is 2.34. The molecular formula is C24H18F3N3O. The number of hydrogen-bond donors (Lipinski definition) is 2. The number of amides is 2. The molecule has 2 N–H and O–H groups in total. The summed E-state index contributed by atoms with van der Waals surface area (Å²) in [6.45, 7) is 0.380. The smallest absolute Gasteiger partial charge is 0.322 e. The molecule has 3 aromatic carbocycles. The van der Waals surface area contributed by atoms with E-state index in [4.69, 9.17) is 0 Å². The van der Waals surface area contributed by atoms with Crippen LogP contribution in [0.1, 0.15) is 22.9 Å². The van der Waals surface area contributed by atoms with Gasteiger partial charge in [-0.25, -0.2) is 18.0 Å². The lowest BCUT2D eigenvalue weighted by Crippen LogP contribution is -2.43. The minimum absolute atomic E-state index is 0.105. The summed E-state index contributed by atoms with van der Waals surface area (Å²) in [7, 11) is 0. The fraction of sp³-hybridized carbons (Fsp3) is 0.125. The van der Waals surface area contributed by atoms with Gasteiger partial charge in [0.2, 0.25) is 0 Å². The number of anilines is 1. The number of aromatic amines is 1. The molecule has 2 amide bonds. The second-order valence-corrected chi connectivity index (χ2v) is 7.51. The maximum Gasteiger partial charge on any atom is 0.322 e. The lowest BCUT2D eigenvalue weighted by molar-refractivity contribution is 0.193. The van der Waals surface area contributed by atoms with Gasteiger partial charge in [0.15, 0.2) is 0 Å². The Morgan fingerprint density at radius 3 is 2.48 bits per heavy atom. The van der Waals surface area contributed by atoms with Crippen LogP contribution in [0, 0.1) is 17.5 Å². The SMILES string of the molecule is O=C(Nc1ccc(F)cc1F)N1CCc2c([nH]c3ccccc23)[C@H]1c1ccc(F)cc1. The van der Waals surface area contributed by atoms with Crippen molar-refractivity contribution in [3.05, 3.63) is 101 Å². The monoisotopic (exact) mass is 421 g/mol. The van der Waals surface area contributed by atoms with E-state index in [1.807, 2.05) is 24.3 Å². The zero-order valence-electron chi connectivity index (χ0n) is 16.3. The molecule has 156 valence electrons. The number of carbonyl (C=O) groups excluding carboxylic acids is 1. The molecule has 1 aliphatic rings. The number of aromatic nitrogens is 1. The first-order valence-corrected chi connectivity index (χ1v) is 9.89. The number of urea groups is 1. The molecule has 0 fully saturated rings. The molecule has 0 unspecified atom stereocenters. The number of halogens is 3. The van der Waals surface area contributed by atoms with E-state index in [9.17, 15) is 18.0 Å². The summed E-state index contributed by atoms with van der Waals surface area (Å²) in [5, 5.41) is 3.62. The zero-order chi connectivity index (χ0) is 21.5. The van der Waals surface area contributed by atoms with E-state index in [0.29, 0.717) is 13.0 Å². The third-order valence-electron chi connectivity index (χ3n) is 5.65. The Morgan fingerprint density at radius 1 is 0.968 bits per heavy atom. The normalized spacial score (nSPS) is 15.7. The number of carbonyl (C=O) groups is 1. The number of H-pyrrole nitrogens is 1. The Morgan fingerprint density at radius 2 is 1.71 bits per heavy atom. The first kappa shape index (κ1) is 19.2. The number of hydrogen-bond acceptors (Lipinski definition) is 1. The molecule has 4 nitrogen and oxygen atoms in total. The fourth-order valence-corrected chi connectivity index (χ4v) is 4.23. The van der Waals surface area contributed by atoms with Crippen LogP contribution in [0.5, 0.6) is 0 Å². The summed E-state index contributed by atoms with van der Waals surface area (Å²) in [5.41, 5.74) is 3.51. The van der Waals surface area contributed by atoms with Crippen molar-refractivity contribution in [2.75, 3.05) is 11.9 Å². The Balaban J connectivity index is 1.57. The van der Waals surface area contributed by atoms with Crippen molar-refractivity contribution < 1.29 is 18.0 Å². The molecule has 2 heterocycles. The second-order valence-electron chi connectivity index (χ2n) is 7.51. The lowest BCUT2D eigenvalue weighted by atomic mass is 9.92. The van der Waals surface area contributed by atoms with Gasteiger partial charge in [0.25, 0.3) is 0 Å². The molecular weight excluding hydrogens is 403 g/mol. The number of nitrogens with zero attached hydrogens (tertiary/aromatic N) is 1. The van der Waals surface area contributed by atoms with Crippen LogP contribution < -0.4 is 5.32 Å². The number of rotatable bonds is 2. The minimum Gasteiger partial charge on any atom is -0.356 e. The zero-order valence-corrected chi connectivity index (χ0v) is 16.3. The van der Waals surface area contributed by atoms with Crippen molar-refractivity contribution in [3.8, 4) is 0 Å². The molecule has 1 aliphatic heterocycles. The predicted octanol–water partition coefficient (Wildman–Crippen LogP) is 5.76. The van der Waals surface area contributed by atoms with Crippen LogP contribution in [0.25, 0.3) is 10.9 Å². The number of benzene rings is 3. The molecule has 1 aromatic heterocycles. The highest BCUT2D eigenvalue weighted by atomic mass is 19.1. The quantitative estimate of drug-likeness (QED) is 0.424. The van der Waals surface area contributed by atoms with Crippen molar-refractivity contribution >= 4 is 22.6 Å². The van der Waals surface area contributed by atoms with Crippen LogP contribution in [0.4, 0.5) is 23.7 Å². The minimum atomic E-state index is -0.852. The molecule has 0 bridgehead atoms. The largest absolute Gasteiger partial charge is 0.356 e. The van der Waals surface area contributed by atoms with Gasteiger partial charge in [-0.1, -0.05) is 30.3 Å². The summed E-state index contributed by atoms with van der Waals surface area (Å²) in [6.07, 6.45) is 0.608. The molecule has 5 rings (SSSR count). The Kier molecular flexibility index (Phi) is 4.66. The van der Waals surface area contributed by atoms with E-state index < -0.39 is 23.7 Å². The van der Waals surface area contributed by atoms with E-state index in [0.717, 1.165) is 39.9 Å². The Hall–Kier alpha value is -3.74. The maximum atomic E-state index is 14.1. The van der Waals surface area contributed by atoms with Gasteiger partial charge < -0.3 is 15.2 Å². The third kappa shape index (κ3) is 3.42. The van der Waals surface area contributed by atoms with Crippen LogP contribution in [0.2, 0.25) is 0 Å². The van der Waals surface area contributed by atoms with Crippen LogP contribution in [0.15, 0.2) is 66.7 Å². The van der Waals surface area contributed by atoms with Crippen molar-refractivity contribution in [2.45, 2.75) is 12.5 Å². The number of nitrogens with one attached hydrogen (secondary N) is 2. The van der Waals surface area contributed by atoms with Crippen molar-refractivity contribution in [1.29, 1.82) is 0 Å². The summed E-state index contributed by atoms with van der Waals surface area (Å²) < 4.78 is 40.9. The van der Waals surface area contributed by atoms with Gasteiger partial charge in [0.1, 0.15) is 17.5 Å². The highest BCUT2D eigenvalue weighted by molar-refractivity contribution is 5.91. The number of fused-ring (bicyclic) bond motifs is 3. The van der Waals surface area contributed by atoms with Gasteiger partial charge in [0, 0.05) is 29.2 Å². The highest BCUT2D eigenvalue weighted by Crippen LogP contribution is 2.38. The van der Waals surface area contributed by atoms with Crippen LogP contribution in [-0.4, -0.2) is 22.5 Å². The molecule has 0 aliphatic carbocycles. The summed E-state index contributed by atoms with van der Waals surface area (Å²) in [4.78, 5) is 18.1. The van der Waals surface area contributed by atoms with E-state index >= 15 is 0 Å². The predicted molar refractivity (Wildman–Crippen MR) is 112 cm³/mol. The first-order chi connectivity index (χ1) is 15.0. The second kappa shape index (κ2) is 7.50. The van der Waals surface area contributed by atoms with Gasteiger partial charge >= 0.3 is 6.03 Å². The van der Waals surface area contributed by atoms with Crippen molar-refractivity contribution in [3.63, 3.8) is 0 Å².